The highest BCUT2D eigenvalue weighted by atomic mass is 31.2. The van der Waals surface area contributed by atoms with Gasteiger partial charge in [0.05, 0.1) is 12.8 Å². The summed E-state index contributed by atoms with van der Waals surface area (Å²) in [6.07, 6.45) is 1.10. The minimum Gasteiger partial charge on any atom is -0.388 e. The van der Waals surface area contributed by atoms with E-state index >= 15 is 0 Å². The molecular formula is C12H15O4P. The smallest absolute Gasteiger partial charge is 0.381 e. The Morgan fingerprint density at radius 2 is 2.06 bits per heavy atom. The number of benzene rings is 1. The molecule has 0 bridgehead atoms. The maximum absolute atomic E-state index is 12.0. The van der Waals surface area contributed by atoms with E-state index in [1.54, 1.807) is 6.92 Å². The minimum absolute atomic E-state index is 0.138. The van der Waals surface area contributed by atoms with Gasteiger partial charge < -0.3 is 4.52 Å². The van der Waals surface area contributed by atoms with Crippen molar-refractivity contribution in [1.82, 2.24) is 0 Å². The van der Waals surface area contributed by atoms with E-state index in [-0.39, 0.29) is 12.8 Å². The van der Waals surface area contributed by atoms with Gasteiger partial charge in [0.25, 0.3) is 0 Å². The number of carbonyl (C=O) groups excluding carboxylic acids is 1. The van der Waals surface area contributed by atoms with Crippen LogP contribution in [-0.4, -0.2) is 12.1 Å². The number of rotatable bonds is 6. The lowest BCUT2D eigenvalue weighted by Crippen LogP contribution is -2.03. The topological polar surface area (TPSA) is 52.6 Å². The predicted molar refractivity (Wildman–Crippen MR) is 65.7 cm³/mol. The standard InChI is InChI=1S/C12H15O4P/c1-3-12(13)16-17(14,4-2)15-10-11-8-6-5-7-9-11/h3,5-9H,1,4,10H2,2H3. The normalized spacial score (nSPS) is 13.7. The van der Waals surface area contributed by atoms with Gasteiger partial charge in [0.15, 0.2) is 0 Å². The quantitative estimate of drug-likeness (QED) is 0.578. The van der Waals surface area contributed by atoms with Crippen LogP contribution in [-0.2, 0) is 25.0 Å². The zero-order valence-corrected chi connectivity index (χ0v) is 10.6. The van der Waals surface area contributed by atoms with Gasteiger partial charge in [-0.05, 0) is 5.56 Å². The molecule has 4 nitrogen and oxygen atoms in total. The summed E-state index contributed by atoms with van der Waals surface area (Å²) < 4.78 is 21.9. The first-order valence-corrected chi connectivity index (χ1v) is 6.96. The summed E-state index contributed by atoms with van der Waals surface area (Å²) >= 11 is 0. The molecule has 1 atom stereocenters. The van der Waals surface area contributed by atoms with Gasteiger partial charge in [-0.25, -0.2) is 9.36 Å². The Kier molecular flexibility index (Phi) is 5.13. The number of carbonyl (C=O) groups is 1. The Bertz CT molecular complexity index is 427. The van der Waals surface area contributed by atoms with Crippen molar-refractivity contribution in [2.75, 3.05) is 6.16 Å². The summed E-state index contributed by atoms with van der Waals surface area (Å²) in [4.78, 5) is 11.0. The maximum atomic E-state index is 12.0. The predicted octanol–water partition coefficient (Wildman–Crippen LogP) is 3.15. The highest BCUT2D eigenvalue weighted by molar-refractivity contribution is 7.54. The van der Waals surface area contributed by atoms with Crippen LogP contribution in [0.15, 0.2) is 43.0 Å². The first-order chi connectivity index (χ1) is 8.09. The second-order valence-corrected chi connectivity index (χ2v) is 5.60. The van der Waals surface area contributed by atoms with Crippen molar-refractivity contribution < 1.29 is 18.4 Å². The van der Waals surface area contributed by atoms with E-state index < -0.39 is 13.6 Å². The summed E-state index contributed by atoms with van der Waals surface area (Å²) in [5.41, 5.74) is 0.871. The fourth-order valence-electron chi connectivity index (χ4n) is 1.10. The molecule has 0 radical (unpaired) electrons. The lowest BCUT2D eigenvalue weighted by atomic mass is 10.2. The van der Waals surface area contributed by atoms with Gasteiger partial charge >= 0.3 is 13.6 Å². The van der Waals surface area contributed by atoms with Crippen LogP contribution in [0.1, 0.15) is 12.5 Å². The second-order valence-electron chi connectivity index (χ2n) is 3.30. The van der Waals surface area contributed by atoms with E-state index in [0.29, 0.717) is 0 Å². The maximum Gasteiger partial charge on any atom is 0.381 e. The molecule has 0 aliphatic heterocycles. The zero-order chi connectivity index (χ0) is 12.7. The van der Waals surface area contributed by atoms with Crippen LogP contribution in [0, 0.1) is 0 Å². The molecule has 0 N–H and O–H groups in total. The van der Waals surface area contributed by atoms with E-state index in [4.69, 9.17) is 9.05 Å². The molecule has 0 aliphatic carbocycles. The van der Waals surface area contributed by atoms with E-state index in [1.165, 1.54) is 0 Å². The van der Waals surface area contributed by atoms with E-state index in [0.717, 1.165) is 11.6 Å². The van der Waals surface area contributed by atoms with Crippen LogP contribution < -0.4 is 0 Å². The summed E-state index contributed by atoms with van der Waals surface area (Å²) in [7, 11) is -3.36. The van der Waals surface area contributed by atoms with E-state index in [1.807, 2.05) is 30.3 Å². The fourth-order valence-corrected chi connectivity index (χ4v) is 2.16. The third-order valence-corrected chi connectivity index (χ3v) is 3.81. The molecule has 1 aromatic rings. The van der Waals surface area contributed by atoms with Crippen molar-refractivity contribution >= 4 is 13.6 Å². The van der Waals surface area contributed by atoms with Crippen LogP contribution in [0.2, 0.25) is 0 Å². The van der Waals surface area contributed by atoms with Gasteiger partial charge in [0, 0.05) is 6.08 Å². The molecule has 1 unspecified atom stereocenters. The first-order valence-electron chi connectivity index (χ1n) is 5.23. The van der Waals surface area contributed by atoms with Gasteiger partial charge in [0.2, 0.25) is 0 Å². The number of hydrogen-bond acceptors (Lipinski definition) is 4. The highest BCUT2D eigenvalue weighted by Crippen LogP contribution is 2.48. The summed E-state index contributed by atoms with van der Waals surface area (Å²) in [6, 6.07) is 9.27. The van der Waals surface area contributed by atoms with Crippen LogP contribution in [0.4, 0.5) is 0 Å². The Hall–Kier alpha value is -1.38. The Morgan fingerprint density at radius 3 is 2.59 bits per heavy atom. The van der Waals surface area contributed by atoms with Crippen molar-refractivity contribution in [3.05, 3.63) is 48.6 Å². The third kappa shape index (κ3) is 4.55. The zero-order valence-electron chi connectivity index (χ0n) is 9.67. The van der Waals surface area contributed by atoms with Crippen LogP contribution in [0.3, 0.4) is 0 Å². The van der Waals surface area contributed by atoms with Crippen molar-refractivity contribution in [3.63, 3.8) is 0 Å². The lowest BCUT2D eigenvalue weighted by molar-refractivity contribution is -0.129. The van der Waals surface area contributed by atoms with Gasteiger partial charge in [-0.1, -0.05) is 43.8 Å². The van der Waals surface area contributed by atoms with Crippen LogP contribution >= 0.6 is 7.60 Å². The third-order valence-electron chi connectivity index (χ3n) is 2.05. The van der Waals surface area contributed by atoms with E-state index in [9.17, 15) is 9.36 Å². The second kappa shape index (κ2) is 6.38. The molecule has 17 heavy (non-hydrogen) atoms. The van der Waals surface area contributed by atoms with E-state index in [2.05, 4.69) is 6.58 Å². The van der Waals surface area contributed by atoms with Crippen molar-refractivity contribution in [2.45, 2.75) is 13.5 Å². The molecule has 0 fully saturated rings. The molecule has 0 amide bonds. The van der Waals surface area contributed by atoms with Crippen LogP contribution in [0.25, 0.3) is 0 Å². The molecule has 0 saturated carbocycles. The average molecular weight is 254 g/mol. The van der Waals surface area contributed by atoms with Crippen molar-refractivity contribution in [3.8, 4) is 0 Å². The molecule has 1 aromatic carbocycles. The van der Waals surface area contributed by atoms with Gasteiger partial charge in [0.1, 0.15) is 0 Å². The molecule has 92 valence electrons. The summed E-state index contributed by atoms with van der Waals surface area (Å²) in [5, 5.41) is 0. The highest BCUT2D eigenvalue weighted by Gasteiger charge is 2.25. The minimum atomic E-state index is -3.36. The van der Waals surface area contributed by atoms with Crippen molar-refractivity contribution in [2.24, 2.45) is 0 Å². The average Bonchev–Trinajstić information content (AvgIpc) is 2.37. The Balaban J connectivity index is 2.61. The summed E-state index contributed by atoms with van der Waals surface area (Å²) in [6.45, 7) is 5.04. The molecule has 5 heteroatoms. The van der Waals surface area contributed by atoms with Gasteiger partial charge in [-0.15, -0.1) is 0 Å². The molecule has 1 rings (SSSR count). The summed E-state index contributed by atoms with van der Waals surface area (Å²) in [5.74, 6) is -0.733. The molecule has 0 spiro atoms. The van der Waals surface area contributed by atoms with Crippen molar-refractivity contribution in [1.29, 1.82) is 0 Å². The van der Waals surface area contributed by atoms with Gasteiger partial charge in [-0.2, -0.15) is 0 Å². The molecule has 0 heterocycles. The number of hydrogen-bond donors (Lipinski definition) is 0. The molecule has 0 saturated heterocycles. The first kappa shape index (κ1) is 13.7. The lowest BCUT2D eigenvalue weighted by Gasteiger charge is -2.15. The Morgan fingerprint density at radius 1 is 1.41 bits per heavy atom. The molecular weight excluding hydrogens is 239 g/mol. The molecule has 0 aliphatic rings. The van der Waals surface area contributed by atoms with Gasteiger partial charge in [-0.3, -0.25) is 4.52 Å². The van der Waals surface area contributed by atoms with Crippen LogP contribution in [0.5, 0.6) is 0 Å². The fraction of sp³-hybridized carbons (Fsp3) is 0.250. The molecule has 0 aromatic heterocycles. The Labute approximate surface area is 101 Å². The largest absolute Gasteiger partial charge is 0.388 e. The SMILES string of the molecule is C=CC(=O)OP(=O)(CC)OCc1ccccc1. The monoisotopic (exact) mass is 254 g/mol.